The van der Waals surface area contributed by atoms with E-state index in [-0.39, 0.29) is 10.6 Å². The summed E-state index contributed by atoms with van der Waals surface area (Å²) < 4.78 is 51.4. The van der Waals surface area contributed by atoms with Gasteiger partial charge in [0.1, 0.15) is 24.1 Å². The van der Waals surface area contributed by atoms with Gasteiger partial charge in [-0.2, -0.15) is 8.62 Å². The Balaban J connectivity index is 2.05. The summed E-state index contributed by atoms with van der Waals surface area (Å²) in [6.45, 7) is -0.950. The average Bonchev–Trinajstić information content (AvgIpc) is 2.78. The number of aromatic nitrogens is 2. The molecule has 29 heavy (non-hydrogen) atoms. The van der Waals surface area contributed by atoms with Gasteiger partial charge in [0.2, 0.25) is 4.77 Å². The molecule has 1 saturated heterocycles. The second-order valence-electron chi connectivity index (χ2n) is 5.48. The van der Waals surface area contributed by atoms with Crippen LogP contribution in [0, 0.1) is 4.77 Å². The van der Waals surface area contributed by atoms with E-state index in [1.165, 1.54) is 12.3 Å². The number of hydrogen-bond donors (Lipinski definition) is 7. The molecule has 8 N–H and O–H groups in total. The summed E-state index contributed by atoms with van der Waals surface area (Å²) in [5, 5.41) is 20.1. The van der Waals surface area contributed by atoms with E-state index in [0.717, 1.165) is 4.57 Å². The van der Waals surface area contributed by atoms with Crippen LogP contribution in [0.2, 0.25) is 0 Å². The van der Waals surface area contributed by atoms with Gasteiger partial charge in [-0.15, -0.1) is 0 Å². The minimum atomic E-state index is -5.69. The van der Waals surface area contributed by atoms with Gasteiger partial charge in [-0.1, -0.05) is 0 Å². The first-order chi connectivity index (χ1) is 13.1. The molecular formula is C9H16N3O13P3S. The summed E-state index contributed by atoms with van der Waals surface area (Å²) in [7, 11) is -16.6. The smallest absolute Gasteiger partial charge is 0.387 e. The van der Waals surface area contributed by atoms with Crippen LogP contribution in [0.15, 0.2) is 12.3 Å². The normalized spacial score (nSPS) is 29.3. The Hall–Kier alpha value is -0.610. The highest BCUT2D eigenvalue weighted by Crippen LogP contribution is 2.66. The molecule has 2 unspecified atom stereocenters. The topological polar surface area (TPSA) is 253 Å². The monoisotopic (exact) mass is 499 g/mol. The van der Waals surface area contributed by atoms with Gasteiger partial charge < -0.3 is 40.3 Å². The molecule has 16 nitrogen and oxygen atoms in total. The van der Waals surface area contributed by atoms with Crippen molar-refractivity contribution in [3.05, 3.63) is 17.0 Å². The zero-order valence-corrected chi connectivity index (χ0v) is 17.4. The van der Waals surface area contributed by atoms with E-state index in [9.17, 15) is 28.8 Å². The van der Waals surface area contributed by atoms with Crippen molar-refractivity contribution >= 4 is 41.5 Å². The third-order valence-electron chi connectivity index (χ3n) is 3.28. The van der Waals surface area contributed by atoms with Crippen molar-refractivity contribution in [3.8, 4) is 0 Å². The lowest BCUT2D eigenvalue weighted by Crippen LogP contribution is -2.33. The van der Waals surface area contributed by atoms with Gasteiger partial charge in [0.15, 0.2) is 6.23 Å². The maximum atomic E-state index is 11.7. The van der Waals surface area contributed by atoms with E-state index in [0.29, 0.717) is 0 Å². The van der Waals surface area contributed by atoms with Crippen LogP contribution in [0.5, 0.6) is 0 Å². The first-order valence-corrected chi connectivity index (χ1v) is 12.2. The van der Waals surface area contributed by atoms with E-state index in [1.807, 2.05) is 0 Å². The number of nitrogen functional groups attached to an aromatic ring is 1. The van der Waals surface area contributed by atoms with Crippen LogP contribution in [-0.2, 0) is 31.6 Å². The lowest BCUT2D eigenvalue weighted by atomic mass is 10.1. The Morgan fingerprint density at radius 1 is 1.14 bits per heavy atom. The second-order valence-corrected chi connectivity index (χ2v) is 10.3. The van der Waals surface area contributed by atoms with Crippen LogP contribution in [0.4, 0.5) is 5.82 Å². The number of aliphatic hydroxyl groups is 2. The van der Waals surface area contributed by atoms with Gasteiger partial charge in [0.25, 0.3) is 0 Å². The van der Waals surface area contributed by atoms with Gasteiger partial charge in [-0.25, -0.2) is 18.7 Å². The number of phosphoric ester groups is 1. The molecular weight excluding hydrogens is 483 g/mol. The number of phosphoric acid groups is 3. The highest BCUT2D eigenvalue weighted by molar-refractivity contribution is 7.71. The molecule has 1 aliphatic rings. The van der Waals surface area contributed by atoms with Crippen LogP contribution < -0.4 is 5.73 Å². The molecule has 1 aromatic heterocycles. The van der Waals surface area contributed by atoms with E-state index in [1.54, 1.807) is 0 Å². The molecule has 1 aromatic rings. The second kappa shape index (κ2) is 8.86. The van der Waals surface area contributed by atoms with Crippen LogP contribution in [0.3, 0.4) is 0 Å². The molecule has 166 valence electrons. The van der Waals surface area contributed by atoms with Crippen molar-refractivity contribution in [2.24, 2.45) is 0 Å². The largest absolute Gasteiger partial charge is 0.490 e. The lowest BCUT2D eigenvalue weighted by molar-refractivity contribution is -0.0532. The molecule has 0 radical (unpaired) electrons. The molecule has 2 rings (SSSR count). The van der Waals surface area contributed by atoms with Gasteiger partial charge in [0, 0.05) is 6.20 Å². The predicted molar refractivity (Wildman–Crippen MR) is 93.2 cm³/mol. The minimum absolute atomic E-state index is 0.0866. The van der Waals surface area contributed by atoms with Crippen molar-refractivity contribution in [1.29, 1.82) is 0 Å². The fourth-order valence-corrected chi connectivity index (χ4v) is 5.49. The highest BCUT2D eigenvalue weighted by atomic mass is 32.1. The van der Waals surface area contributed by atoms with E-state index in [2.05, 4.69) is 18.1 Å². The Morgan fingerprint density at radius 3 is 2.31 bits per heavy atom. The van der Waals surface area contributed by atoms with Gasteiger partial charge in [-0.3, -0.25) is 9.09 Å². The number of nitrogens with zero attached hydrogens (tertiary/aromatic N) is 2. The predicted octanol–water partition coefficient (Wildman–Crippen LogP) is -0.843. The van der Waals surface area contributed by atoms with Crippen LogP contribution in [-0.4, -0.2) is 64.3 Å². The molecule has 0 aliphatic carbocycles. The third kappa shape index (κ3) is 6.95. The first kappa shape index (κ1) is 24.7. The number of hydrogen-bond acceptors (Lipinski definition) is 12. The summed E-state index contributed by atoms with van der Waals surface area (Å²) in [5.74, 6) is 0.0866. The van der Waals surface area contributed by atoms with Crippen molar-refractivity contribution in [1.82, 2.24) is 9.55 Å². The standard InChI is InChI=1S/C9H16N3O13P3S/c10-5-1-2-12(9(29)11-5)8-7(14)6(13)4(23-8)3-22-27(18,19)25-28(20,21)24-26(15,16)17/h1-2,4,6-8,13-14H,3H2,(H,18,19)(H,20,21)(H2,10,11,29)(H2,15,16,17)/t4-,6+,7+,8-/m1/s1. The maximum absolute atomic E-state index is 11.7. The molecule has 0 saturated carbocycles. The molecule has 0 bridgehead atoms. The van der Waals surface area contributed by atoms with Crippen LogP contribution >= 0.6 is 35.7 Å². The summed E-state index contributed by atoms with van der Waals surface area (Å²) in [6.07, 6.45) is -4.65. The van der Waals surface area contributed by atoms with Crippen molar-refractivity contribution in [2.45, 2.75) is 24.5 Å². The Morgan fingerprint density at radius 2 is 1.76 bits per heavy atom. The fraction of sp³-hybridized carbons (Fsp3) is 0.556. The number of ether oxygens (including phenoxy) is 1. The SMILES string of the molecule is Nc1ccn([C@@H]2O[C@H](COP(=O)(O)OP(=O)(O)OP(=O)(O)O)[C@H](O)[C@@H]2O)c(=S)n1. The summed E-state index contributed by atoms with van der Waals surface area (Å²) in [4.78, 5) is 39.2. The summed E-state index contributed by atoms with van der Waals surface area (Å²) in [6, 6.07) is 1.33. The van der Waals surface area contributed by atoms with Crippen LogP contribution in [0.1, 0.15) is 6.23 Å². The Kier molecular flexibility index (Phi) is 7.54. The number of nitrogens with two attached hydrogens (primary N) is 1. The van der Waals surface area contributed by atoms with Crippen molar-refractivity contribution < 1.29 is 61.4 Å². The molecule has 1 aliphatic heterocycles. The summed E-state index contributed by atoms with van der Waals surface area (Å²) >= 11 is 4.96. The number of anilines is 1. The molecule has 0 spiro atoms. The average molecular weight is 499 g/mol. The Bertz CT molecular complexity index is 951. The zero-order valence-electron chi connectivity index (χ0n) is 13.9. The quantitative estimate of drug-likeness (QED) is 0.170. The first-order valence-electron chi connectivity index (χ1n) is 7.25. The number of rotatable bonds is 8. The molecule has 2 heterocycles. The maximum Gasteiger partial charge on any atom is 0.490 e. The van der Waals surface area contributed by atoms with Crippen LogP contribution in [0.25, 0.3) is 0 Å². The highest BCUT2D eigenvalue weighted by Gasteiger charge is 2.46. The Labute approximate surface area is 166 Å². The molecule has 6 atom stereocenters. The lowest BCUT2D eigenvalue weighted by Gasteiger charge is -2.19. The molecule has 0 amide bonds. The van der Waals surface area contributed by atoms with E-state index < -0.39 is 54.6 Å². The summed E-state index contributed by atoms with van der Waals surface area (Å²) in [5.41, 5.74) is 5.46. The fourth-order valence-electron chi connectivity index (χ4n) is 2.19. The molecule has 1 fully saturated rings. The number of aliphatic hydroxyl groups excluding tert-OH is 2. The van der Waals surface area contributed by atoms with E-state index >= 15 is 0 Å². The van der Waals surface area contributed by atoms with Crippen molar-refractivity contribution in [3.63, 3.8) is 0 Å². The third-order valence-corrected chi connectivity index (χ3v) is 7.39. The van der Waals surface area contributed by atoms with Gasteiger partial charge in [-0.05, 0) is 18.3 Å². The van der Waals surface area contributed by atoms with Gasteiger partial charge >= 0.3 is 23.5 Å². The van der Waals surface area contributed by atoms with E-state index in [4.69, 9.17) is 37.4 Å². The minimum Gasteiger partial charge on any atom is -0.387 e. The zero-order chi connectivity index (χ0) is 22.2. The molecule has 20 heteroatoms. The van der Waals surface area contributed by atoms with Gasteiger partial charge in [0.05, 0.1) is 6.61 Å². The van der Waals surface area contributed by atoms with Crippen molar-refractivity contribution in [2.75, 3.05) is 12.3 Å². The molecule has 0 aromatic carbocycles.